The summed E-state index contributed by atoms with van der Waals surface area (Å²) in [5.74, 6) is 0.559. The third-order valence-corrected chi connectivity index (χ3v) is 4.94. The summed E-state index contributed by atoms with van der Waals surface area (Å²) in [7, 11) is -3.68. The molecule has 0 saturated heterocycles. The summed E-state index contributed by atoms with van der Waals surface area (Å²) in [5.41, 5.74) is 0.507. The van der Waals surface area contributed by atoms with Crippen molar-refractivity contribution in [2.45, 2.75) is 31.3 Å². The fourth-order valence-corrected chi connectivity index (χ4v) is 3.75. The monoisotopic (exact) mass is 372 g/mol. The van der Waals surface area contributed by atoms with Gasteiger partial charge in [-0.3, -0.25) is 4.72 Å². The van der Waals surface area contributed by atoms with Crippen LogP contribution >= 0.6 is 15.9 Å². The minimum Gasteiger partial charge on any atom is -0.451 e. The van der Waals surface area contributed by atoms with Crippen molar-refractivity contribution in [3.05, 3.63) is 46.8 Å². The Morgan fingerprint density at radius 2 is 1.90 bits per heavy atom. The topological polar surface area (TPSA) is 71.3 Å². The molecule has 1 aromatic heterocycles. The molecule has 0 aliphatic carbocycles. The summed E-state index contributed by atoms with van der Waals surface area (Å²) in [6, 6.07) is 10.5. The second-order valence-electron chi connectivity index (χ2n) is 4.86. The molecule has 5 nitrogen and oxygen atoms in total. The number of hydrogen-bond acceptors (Lipinski definition) is 4. The van der Waals surface area contributed by atoms with Crippen LogP contribution in [0.4, 0.5) is 5.69 Å². The lowest BCUT2D eigenvalue weighted by Crippen LogP contribution is -2.21. The number of nitrogens with one attached hydrogen (secondary N) is 2. The number of rotatable bonds is 6. The first kappa shape index (κ1) is 16.1. The van der Waals surface area contributed by atoms with Crippen LogP contribution in [0.2, 0.25) is 0 Å². The second kappa shape index (κ2) is 6.64. The number of hydrogen-bond donors (Lipinski definition) is 2. The van der Waals surface area contributed by atoms with Crippen molar-refractivity contribution in [3.8, 4) is 0 Å². The SMILES string of the molecule is CC(C)NCc1cc(S(=O)(=O)Nc2ccccc2)c(Br)o1. The smallest absolute Gasteiger partial charge is 0.266 e. The van der Waals surface area contributed by atoms with Crippen LogP contribution in [0.1, 0.15) is 19.6 Å². The summed E-state index contributed by atoms with van der Waals surface area (Å²) in [6.07, 6.45) is 0. The molecule has 21 heavy (non-hydrogen) atoms. The fraction of sp³-hybridized carbons (Fsp3) is 0.286. The van der Waals surface area contributed by atoms with Crippen molar-refractivity contribution in [2.24, 2.45) is 0 Å². The minimum atomic E-state index is -3.68. The Bertz CT molecular complexity index is 696. The number of furan rings is 1. The van der Waals surface area contributed by atoms with E-state index in [0.29, 0.717) is 18.0 Å². The standard InChI is InChI=1S/C14H17BrN2O3S/c1-10(2)16-9-12-8-13(14(15)20-12)21(18,19)17-11-6-4-3-5-7-11/h3-8,10,16-17H,9H2,1-2H3. The van der Waals surface area contributed by atoms with E-state index in [1.807, 2.05) is 19.9 Å². The average molecular weight is 373 g/mol. The minimum absolute atomic E-state index is 0.0897. The first-order valence-corrected chi connectivity index (χ1v) is 8.75. The van der Waals surface area contributed by atoms with Gasteiger partial charge in [-0.05, 0) is 28.1 Å². The lowest BCUT2D eigenvalue weighted by atomic mass is 10.3. The van der Waals surface area contributed by atoms with Gasteiger partial charge < -0.3 is 9.73 Å². The van der Waals surface area contributed by atoms with Crippen molar-refractivity contribution < 1.29 is 12.8 Å². The normalized spacial score (nSPS) is 11.8. The van der Waals surface area contributed by atoms with Crippen LogP contribution in [0.3, 0.4) is 0 Å². The molecule has 2 rings (SSSR count). The highest BCUT2D eigenvalue weighted by atomic mass is 79.9. The lowest BCUT2D eigenvalue weighted by Gasteiger charge is -2.06. The molecule has 7 heteroatoms. The number of para-hydroxylation sites is 1. The lowest BCUT2D eigenvalue weighted by molar-refractivity contribution is 0.447. The average Bonchev–Trinajstić information content (AvgIpc) is 2.79. The highest BCUT2D eigenvalue weighted by Crippen LogP contribution is 2.27. The summed E-state index contributed by atoms with van der Waals surface area (Å²) in [6.45, 7) is 4.48. The molecular formula is C14H17BrN2O3S. The van der Waals surface area contributed by atoms with E-state index in [1.54, 1.807) is 24.3 Å². The zero-order chi connectivity index (χ0) is 15.5. The van der Waals surface area contributed by atoms with E-state index in [4.69, 9.17) is 4.42 Å². The van der Waals surface area contributed by atoms with Crippen molar-refractivity contribution in [1.29, 1.82) is 0 Å². The van der Waals surface area contributed by atoms with Gasteiger partial charge in [0.15, 0.2) is 4.67 Å². The Morgan fingerprint density at radius 1 is 1.24 bits per heavy atom. The molecule has 1 aromatic carbocycles. The van der Waals surface area contributed by atoms with Crippen LogP contribution in [-0.4, -0.2) is 14.5 Å². The molecule has 0 bridgehead atoms. The molecule has 1 heterocycles. The quantitative estimate of drug-likeness (QED) is 0.815. The van der Waals surface area contributed by atoms with Gasteiger partial charge >= 0.3 is 0 Å². The van der Waals surface area contributed by atoms with E-state index >= 15 is 0 Å². The van der Waals surface area contributed by atoms with Gasteiger partial charge in [0.25, 0.3) is 10.0 Å². The fourth-order valence-electron chi connectivity index (χ4n) is 1.69. The number of sulfonamides is 1. The Balaban J connectivity index is 2.20. The maximum Gasteiger partial charge on any atom is 0.266 e. The van der Waals surface area contributed by atoms with Gasteiger partial charge in [0.1, 0.15) is 10.7 Å². The van der Waals surface area contributed by atoms with Crippen LogP contribution in [0.15, 0.2) is 50.4 Å². The predicted molar refractivity (Wildman–Crippen MR) is 85.6 cm³/mol. The van der Waals surface area contributed by atoms with Crippen LogP contribution in [-0.2, 0) is 16.6 Å². The first-order chi connectivity index (χ1) is 9.88. The van der Waals surface area contributed by atoms with Crippen molar-refractivity contribution in [1.82, 2.24) is 5.32 Å². The van der Waals surface area contributed by atoms with Crippen molar-refractivity contribution in [3.63, 3.8) is 0 Å². The molecule has 0 amide bonds. The van der Waals surface area contributed by atoms with Crippen molar-refractivity contribution in [2.75, 3.05) is 4.72 Å². The van der Waals surface area contributed by atoms with Crippen LogP contribution < -0.4 is 10.0 Å². The summed E-state index contributed by atoms with van der Waals surface area (Å²) in [5, 5.41) is 3.17. The van der Waals surface area contributed by atoms with Gasteiger partial charge in [-0.25, -0.2) is 8.42 Å². The zero-order valence-electron chi connectivity index (χ0n) is 11.8. The number of benzene rings is 1. The molecule has 0 atom stereocenters. The second-order valence-corrected chi connectivity index (χ2v) is 7.23. The van der Waals surface area contributed by atoms with Gasteiger partial charge in [0.2, 0.25) is 0 Å². The van der Waals surface area contributed by atoms with Gasteiger partial charge in [-0.15, -0.1) is 0 Å². The molecular weight excluding hydrogens is 356 g/mol. The zero-order valence-corrected chi connectivity index (χ0v) is 14.2. The molecule has 0 unspecified atom stereocenters. The van der Waals surface area contributed by atoms with Gasteiger partial charge in [-0.1, -0.05) is 32.0 Å². The highest BCUT2D eigenvalue weighted by molar-refractivity contribution is 9.10. The molecule has 2 N–H and O–H groups in total. The van der Waals surface area contributed by atoms with Crippen molar-refractivity contribution >= 4 is 31.6 Å². The van der Waals surface area contributed by atoms with Crippen LogP contribution in [0.5, 0.6) is 0 Å². The van der Waals surface area contributed by atoms with E-state index in [9.17, 15) is 8.42 Å². The maximum absolute atomic E-state index is 12.4. The van der Waals surface area contributed by atoms with E-state index in [-0.39, 0.29) is 15.6 Å². The molecule has 0 fully saturated rings. The third-order valence-electron chi connectivity index (χ3n) is 2.71. The molecule has 0 radical (unpaired) electrons. The largest absolute Gasteiger partial charge is 0.451 e. The van der Waals surface area contributed by atoms with Gasteiger partial charge in [0, 0.05) is 17.8 Å². The predicted octanol–water partition coefficient (Wildman–Crippen LogP) is 3.34. The molecule has 0 spiro atoms. The summed E-state index contributed by atoms with van der Waals surface area (Å²) in [4.78, 5) is 0.0897. The molecule has 114 valence electrons. The summed E-state index contributed by atoms with van der Waals surface area (Å²) >= 11 is 3.16. The Morgan fingerprint density at radius 3 is 2.52 bits per heavy atom. The molecule has 2 aromatic rings. The Kier molecular flexibility index (Phi) is 5.08. The van der Waals surface area contributed by atoms with Crippen LogP contribution in [0.25, 0.3) is 0 Å². The summed E-state index contributed by atoms with van der Waals surface area (Å²) < 4.78 is 32.8. The third kappa shape index (κ3) is 4.33. The highest BCUT2D eigenvalue weighted by Gasteiger charge is 2.22. The number of anilines is 1. The van der Waals surface area contributed by atoms with E-state index in [1.165, 1.54) is 6.07 Å². The Hall–Kier alpha value is -1.31. The Labute approximate surface area is 132 Å². The van der Waals surface area contributed by atoms with Gasteiger partial charge in [0.05, 0.1) is 6.54 Å². The van der Waals surface area contributed by atoms with Gasteiger partial charge in [-0.2, -0.15) is 0 Å². The van der Waals surface area contributed by atoms with E-state index < -0.39 is 10.0 Å². The molecule has 0 saturated carbocycles. The van der Waals surface area contributed by atoms with E-state index in [0.717, 1.165) is 0 Å². The van der Waals surface area contributed by atoms with E-state index in [2.05, 4.69) is 26.0 Å². The molecule has 0 aliphatic heterocycles. The first-order valence-electron chi connectivity index (χ1n) is 6.48. The maximum atomic E-state index is 12.4. The van der Waals surface area contributed by atoms with Crippen LogP contribution in [0, 0.1) is 0 Å². The number of halogens is 1. The molecule has 0 aliphatic rings.